The topological polar surface area (TPSA) is 37.3 Å². The van der Waals surface area contributed by atoms with Gasteiger partial charge in [-0.05, 0) is 18.8 Å². The lowest BCUT2D eigenvalue weighted by atomic mass is 9.76. The zero-order valence-electron chi connectivity index (χ0n) is 7.49. The van der Waals surface area contributed by atoms with Gasteiger partial charge < -0.3 is 5.11 Å². The number of rotatable bonds is 2. The summed E-state index contributed by atoms with van der Waals surface area (Å²) in [6.45, 7) is 5.52. The number of Topliss-reactive ketones (excluding diaryl/α,β-unsaturated/α-hetero) is 1. The van der Waals surface area contributed by atoms with E-state index in [0.29, 0.717) is 12.3 Å². The molecule has 0 aliphatic heterocycles. The third-order valence-corrected chi connectivity index (χ3v) is 2.68. The Morgan fingerprint density at radius 2 is 2.42 bits per heavy atom. The Morgan fingerprint density at radius 3 is 2.92 bits per heavy atom. The lowest BCUT2D eigenvalue weighted by Gasteiger charge is -2.29. The predicted molar refractivity (Wildman–Crippen MR) is 47.7 cm³/mol. The molecule has 1 aliphatic carbocycles. The van der Waals surface area contributed by atoms with E-state index >= 15 is 0 Å². The molecule has 0 aromatic heterocycles. The van der Waals surface area contributed by atoms with Gasteiger partial charge in [0.05, 0.1) is 6.10 Å². The first kappa shape index (κ1) is 9.46. The smallest absolute Gasteiger partial charge is 0.139 e. The van der Waals surface area contributed by atoms with Crippen LogP contribution in [-0.2, 0) is 4.79 Å². The van der Waals surface area contributed by atoms with E-state index in [1.54, 1.807) is 0 Å². The van der Waals surface area contributed by atoms with Crippen LogP contribution in [0, 0.1) is 11.8 Å². The normalized spacial score (nSPS) is 33.0. The van der Waals surface area contributed by atoms with Crippen molar-refractivity contribution in [3.8, 4) is 0 Å². The summed E-state index contributed by atoms with van der Waals surface area (Å²) in [5, 5.41) is 9.48. The quantitative estimate of drug-likeness (QED) is 0.635. The summed E-state index contributed by atoms with van der Waals surface area (Å²) < 4.78 is 0. The van der Waals surface area contributed by atoms with E-state index in [1.807, 2.05) is 6.92 Å². The molecular weight excluding hydrogens is 152 g/mol. The molecule has 2 heteroatoms. The van der Waals surface area contributed by atoms with Crippen molar-refractivity contribution in [3.05, 3.63) is 12.7 Å². The molecule has 0 spiro atoms. The molecule has 1 fully saturated rings. The molecule has 0 bridgehead atoms. The van der Waals surface area contributed by atoms with Crippen molar-refractivity contribution in [2.45, 2.75) is 32.3 Å². The second-order valence-electron chi connectivity index (χ2n) is 3.59. The second kappa shape index (κ2) is 3.85. The summed E-state index contributed by atoms with van der Waals surface area (Å²) in [6.07, 6.45) is 3.46. The highest BCUT2D eigenvalue weighted by atomic mass is 16.3. The molecule has 68 valence electrons. The number of ketones is 1. The first-order valence-corrected chi connectivity index (χ1v) is 4.50. The lowest BCUT2D eigenvalue weighted by molar-refractivity contribution is -0.129. The highest BCUT2D eigenvalue weighted by Gasteiger charge is 2.32. The Bertz CT molecular complexity index is 186. The number of carbonyl (C=O) groups is 1. The van der Waals surface area contributed by atoms with Gasteiger partial charge in [0.1, 0.15) is 5.78 Å². The van der Waals surface area contributed by atoms with Gasteiger partial charge in [0.15, 0.2) is 0 Å². The maximum atomic E-state index is 11.4. The van der Waals surface area contributed by atoms with Crippen LogP contribution < -0.4 is 0 Å². The standard InChI is InChI=1S/C10H16O2/c1-3-8(11)10-7(2)5-4-6-9(10)12/h3,7-8,10-11H,1,4-6H2,2H3. The zero-order valence-corrected chi connectivity index (χ0v) is 7.49. The van der Waals surface area contributed by atoms with Crippen LogP contribution in [0.2, 0.25) is 0 Å². The molecule has 0 amide bonds. The SMILES string of the molecule is C=CC(O)C1C(=O)CCCC1C. The Hall–Kier alpha value is -0.630. The summed E-state index contributed by atoms with van der Waals surface area (Å²) in [5.74, 6) is 0.302. The van der Waals surface area contributed by atoms with Crippen LogP contribution in [-0.4, -0.2) is 17.0 Å². The zero-order chi connectivity index (χ0) is 9.14. The molecule has 0 saturated heterocycles. The van der Waals surface area contributed by atoms with Crippen molar-refractivity contribution in [3.63, 3.8) is 0 Å². The highest BCUT2D eigenvalue weighted by molar-refractivity contribution is 5.82. The summed E-state index contributed by atoms with van der Waals surface area (Å²) in [4.78, 5) is 11.4. The fourth-order valence-electron chi connectivity index (χ4n) is 1.94. The van der Waals surface area contributed by atoms with Crippen LogP contribution in [0.4, 0.5) is 0 Å². The molecule has 0 aromatic rings. The molecule has 1 N–H and O–H groups in total. The van der Waals surface area contributed by atoms with Crippen molar-refractivity contribution in [2.75, 3.05) is 0 Å². The molecule has 1 saturated carbocycles. The van der Waals surface area contributed by atoms with Crippen LogP contribution in [0.3, 0.4) is 0 Å². The van der Waals surface area contributed by atoms with E-state index in [2.05, 4.69) is 6.58 Å². The molecule has 0 radical (unpaired) electrons. The largest absolute Gasteiger partial charge is 0.388 e. The van der Waals surface area contributed by atoms with E-state index < -0.39 is 6.10 Å². The second-order valence-corrected chi connectivity index (χ2v) is 3.59. The van der Waals surface area contributed by atoms with Crippen molar-refractivity contribution >= 4 is 5.78 Å². The van der Waals surface area contributed by atoms with Gasteiger partial charge in [0.2, 0.25) is 0 Å². The van der Waals surface area contributed by atoms with Crippen LogP contribution >= 0.6 is 0 Å². The fourth-order valence-corrected chi connectivity index (χ4v) is 1.94. The van der Waals surface area contributed by atoms with Crippen LogP contribution in [0.15, 0.2) is 12.7 Å². The van der Waals surface area contributed by atoms with Crippen molar-refractivity contribution < 1.29 is 9.90 Å². The number of hydrogen-bond acceptors (Lipinski definition) is 2. The van der Waals surface area contributed by atoms with Gasteiger partial charge >= 0.3 is 0 Å². The Labute approximate surface area is 73.3 Å². The minimum atomic E-state index is -0.646. The van der Waals surface area contributed by atoms with Gasteiger partial charge in [0.25, 0.3) is 0 Å². The van der Waals surface area contributed by atoms with Crippen molar-refractivity contribution in [1.29, 1.82) is 0 Å². The summed E-state index contributed by atoms with van der Waals surface area (Å²) in [5.41, 5.74) is 0. The van der Waals surface area contributed by atoms with Crippen LogP contribution in [0.5, 0.6) is 0 Å². The maximum Gasteiger partial charge on any atom is 0.139 e. The van der Waals surface area contributed by atoms with E-state index in [1.165, 1.54) is 6.08 Å². The first-order valence-electron chi connectivity index (χ1n) is 4.50. The van der Waals surface area contributed by atoms with Gasteiger partial charge in [-0.15, -0.1) is 6.58 Å². The van der Waals surface area contributed by atoms with Gasteiger partial charge in [-0.1, -0.05) is 13.0 Å². The minimum absolute atomic E-state index is 0.196. The van der Waals surface area contributed by atoms with Gasteiger partial charge in [-0.3, -0.25) is 4.79 Å². The van der Waals surface area contributed by atoms with Crippen molar-refractivity contribution in [2.24, 2.45) is 11.8 Å². The van der Waals surface area contributed by atoms with Gasteiger partial charge in [-0.2, -0.15) is 0 Å². The first-order chi connectivity index (χ1) is 5.66. The number of hydrogen-bond donors (Lipinski definition) is 1. The minimum Gasteiger partial charge on any atom is -0.388 e. The predicted octanol–water partition coefficient (Wildman–Crippen LogP) is 1.54. The van der Waals surface area contributed by atoms with E-state index in [4.69, 9.17) is 0 Å². The number of aliphatic hydroxyl groups excluding tert-OH is 1. The number of aliphatic hydroxyl groups is 1. The summed E-state index contributed by atoms with van der Waals surface area (Å²) in [6, 6.07) is 0. The molecule has 2 nitrogen and oxygen atoms in total. The van der Waals surface area contributed by atoms with Crippen molar-refractivity contribution in [1.82, 2.24) is 0 Å². The number of carbonyl (C=O) groups excluding carboxylic acids is 1. The maximum absolute atomic E-state index is 11.4. The Morgan fingerprint density at radius 1 is 1.75 bits per heavy atom. The monoisotopic (exact) mass is 168 g/mol. The Kier molecular flexibility index (Phi) is 3.04. The highest BCUT2D eigenvalue weighted by Crippen LogP contribution is 2.29. The molecule has 1 aliphatic rings. The molecule has 12 heavy (non-hydrogen) atoms. The molecule has 0 heterocycles. The van der Waals surface area contributed by atoms with Gasteiger partial charge in [-0.25, -0.2) is 0 Å². The molecular formula is C10H16O2. The van der Waals surface area contributed by atoms with Crippen LogP contribution in [0.1, 0.15) is 26.2 Å². The fraction of sp³-hybridized carbons (Fsp3) is 0.700. The van der Waals surface area contributed by atoms with Gasteiger partial charge in [0, 0.05) is 12.3 Å². The Balaban J connectivity index is 2.68. The van der Waals surface area contributed by atoms with Crippen LogP contribution in [0.25, 0.3) is 0 Å². The molecule has 0 aromatic carbocycles. The van der Waals surface area contributed by atoms with E-state index in [0.717, 1.165) is 12.8 Å². The summed E-state index contributed by atoms with van der Waals surface area (Å²) in [7, 11) is 0. The lowest BCUT2D eigenvalue weighted by Crippen LogP contribution is -2.35. The average molecular weight is 168 g/mol. The third-order valence-electron chi connectivity index (χ3n) is 2.68. The molecule has 1 rings (SSSR count). The third kappa shape index (κ3) is 1.75. The molecule has 3 unspecified atom stereocenters. The molecule has 3 atom stereocenters. The summed E-state index contributed by atoms with van der Waals surface area (Å²) >= 11 is 0. The average Bonchev–Trinajstić information content (AvgIpc) is 2.03. The van der Waals surface area contributed by atoms with E-state index in [9.17, 15) is 9.90 Å². The van der Waals surface area contributed by atoms with E-state index in [-0.39, 0.29) is 11.7 Å².